The number of benzene rings is 1. The van der Waals surface area contributed by atoms with Crippen molar-refractivity contribution in [1.82, 2.24) is 0 Å². The molecule has 0 spiro atoms. The predicted octanol–water partition coefficient (Wildman–Crippen LogP) is 2.52. The van der Waals surface area contributed by atoms with Gasteiger partial charge in [-0.05, 0) is 6.42 Å². The van der Waals surface area contributed by atoms with E-state index in [9.17, 15) is 42.9 Å². The smallest absolute Gasteiger partial charge is 0.416 e. The summed E-state index contributed by atoms with van der Waals surface area (Å²) >= 11 is 0. The molecule has 0 bridgehead atoms. The van der Waals surface area contributed by atoms with Crippen molar-refractivity contribution in [3.63, 3.8) is 0 Å². The van der Waals surface area contributed by atoms with E-state index in [2.05, 4.69) is 4.52 Å². The maximum Gasteiger partial charge on any atom is 0.416 e. The average Bonchev–Trinajstić information content (AvgIpc) is 2.44. The second kappa shape index (κ2) is 7.24. The van der Waals surface area contributed by atoms with Gasteiger partial charge in [0.2, 0.25) is 0 Å². The maximum absolute atomic E-state index is 12.7. The zero-order chi connectivity index (χ0) is 18.7. The summed E-state index contributed by atoms with van der Waals surface area (Å²) in [7, 11) is -5.33. The molecule has 0 N–H and O–H groups in total. The highest BCUT2D eigenvalue weighted by atomic mass is 31.2. The number of nitrogens with zero attached hydrogens (tertiary/aromatic N) is 2. The van der Waals surface area contributed by atoms with E-state index >= 15 is 0 Å². The summed E-state index contributed by atoms with van der Waals surface area (Å²) in [6.07, 6.45) is -4.41. The summed E-state index contributed by atoms with van der Waals surface area (Å²) in [6.45, 7) is 1.27. The molecular formula is C11H11F3N2O7P-. The van der Waals surface area contributed by atoms with Gasteiger partial charge >= 0.3 is 6.18 Å². The van der Waals surface area contributed by atoms with Gasteiger partial charge in [-0.3, -0.25) is 20.2 Å². The molecule has 134 valence electrons. The molecule has 0 aromatic heterocycles. The highest BCUT2D eigenvalue weighted by Crippen LogP contribution is 2.45. The number of unbranched alkanes of at least 4 members (excludes halogenated alkanes) is 1. The Morgan fingerprint density at radius 2 is 1.62 bits per heavy atom. The molecule has 0 saturated carbocycles. The second-order valence-corrected chi connectivity index (χ2v) is 6.26. The zero-order valence-electron chi connectivity index (χ0n) is 12.1. The Balaban J connectivity index is 3.65. The van der Waals surface area contributed by atoms with Crippen LogP contribution >= 0.6 is 7.60 Å². The summed E-state index contributed by atoms with van der Waals surface area (Å²) in [5.74, 6) is 0. The number of hydrogen-bond acceptors (Lipinski definition) is 7. The fraction of sp³-hybridized carbons (Fsp3) is 0.455. The first-order valence-corrected chi connectivity index (χ1v) is 7.96. The number of hydrogen-bond donors (Lipinski definition) is 0. The van der Waals surface area contributed by atoms with Gasteiger partial charge in [0, 0.05) is 12.1 Å². The summed E-state index contributed by atoms with van der Waals surface area (Å²) in [4.78, 5) is 31.1. The van der Waals surface area contributed by atoms with Crippen LogP contribution in [0.2, 0.25) is 0 Å². The van der Waals surface area contributed by atoms with Crippen molar-refractivity contribution in [3.05, 3.63) is 37.9 Å². The van der Waals surface area contributed by atoms with Crippen LogP contribution in [0.3, 0.4) is 0 Å². The standard InChI is InChI=1S/C11H12F3N2O7P/c1-2-3-4-23-24(21,22)10-8(15(17)18)5-7(11(12,13)14)6-9(10)16(19)20/h5-6H,2-4H2,1H3,(H,21,22)/p-1. The molecule has 1 rings (SSSR count). The molecule has 0 aliphatic rings. The van der Waals surface area contributed by atoms with Crippen LogP contribution in [0.25, 0.3) is 0 Å². The first kappa shape index (κ1) is 20.0. The summed E-state index contributed by atoms with van der Waals surface area (Å²) in [6, 6.07) is -0.147. The largest absolute Gasteiger partial charge is 0.775 e. The van der Waals surface area contributed by atoms with E-state index in [4.69, 9.17) is 0 Å². The fourth-order valence-electron chi connectivity index (χ4n) is 1.72. The molecule has 0 heterocycles. The maximum atomic E-state index is 12.7. The van der Waals surface area contributed by atoms with Gasteiger partial charge < -0.3 is 14.0 Å². The molecule has 1 aromatic rings. The third kappa shape index (κ3) is 4.49. The number of alkyl halides is 3. The van der Waals surface area contributed by atoms with E-state index in [1.165, 1.54) is 0 Å². The van der Waals surface area contributed by atoms with E-state index in [1.54, 1.807) is 6.92 Å². The SMILES string of the molecule is CCCCOP(=O)([O-])c1c([N+](=O)[O-])cc(C(F)(F)F)cc1[N+](=O)[O-]. The van der Waals surface area contributed by atoms with E-state index in [-0.39, 0.29) is 18.6 Å². The van der Waals surface area contributed by atoms with Gasteiger partial charge in [-0.25, -0.2) is 0 Å². The van der Waals surface area contributed by atoms with Crippen LogP contribution in [0.5, 0.6) is 0 Å². The Hall–Kier alpha value is -2.04. The van der Waals surface area contributed by atoms with Crippen LogP contribution in [0.15, 0.2) is 12.1 Å². The Kier molecular flexibility index (Phi) is 6.04. The van der Waals surface area contributed by atoms with Crippen molar-refractivity contribution >= 4 is 24.3 Å². The molecule has 1 aromatic carbocycles. The van der Waals surface area contributed by atoms with E-state index in [0.717, 1.165) is 0 Å². The van der Waals surface area contributed by atoms with Crippen molar-refractivity contribution in [2.24, 2.45) is 0 Å². The lowest BCUT2D eigenvalue weighted by atomic mass is 10.1. The van der Waals surface area contributed by atoms with Crippen molar-refractivity contribution in [1.29, 1.82) is 0 Å². The van der Waals surface area contributed by atoms with Gasteiger partial charge in [-0.2, -0.15) is 13.2 Å². The van der Waals surface area contributed by atoms with Crippen LogP contribution in [-0.4, -0.2) is 16.5 Å². The number of nitro benzene ring substituents is 2. The first-order chi connectivity index (χ1) is 10.9. The lowest BCUT2D eigenvalue weighted by molar-refractivity contribution is -0.392. The minimum absolute atomic E-state index is 0.0733. The fourth-order valence-corrected chi connectivity index (χ4v) is 3.07. The first-order valence-electron chi connectivity index (χ1n) is 6.42. The number of nitro groups is 2. The topological polar surface area (TPSA) is 136 Å². The summed E-state index contributed by atoms with van der Waals surface area (Å²) < 4.78 is 54.7. The van der Waals surface area contributed by atoms with Crippen LogP contribution in [0, 0.1) is 20.2 Å². The quantitative estimate of drug-likeness (QED) is 0.311. The highest BCUT2D eigenvalue weighted by Gasteiger charge is 2.40. The van der Waals surface area contributed by atoms with Crippen molar-refractivity contribution in [2.45, 2.75) is 25.9 Å². The minimum Gasteiger partial charge on any atom is -0.775 e. The van der Waals surface area contributed by atoms with E-state index in [1.807, 2.05) is 0 Å². The van der Waals surface area contributed by atoms with E-state index < -0.39 is 52.5 Å². The molecule has 24 heavy (non-hydrogen) atoms. The van der Waals surface area contributed by atoms with Gasteiger partial charge in [0.05, 0.1) is 22.0 Å². The Labute approximate surface area is 132 Å². The normalized spacial score (nSPS) is 14.2. The lowest BCUT2D eigenvalue weighted by Gasteiger charge is -2.23. The molecule has 0 fully saturated rings. The van der Waals surface area contributed by atoms with Crippen molar-refractivity contribution in [2.75, 3.05) is 6.61 Å². The average molecular weight is 371 g/mol. The Bertz CT molecular complexity index is 672. The Morgan fingerprint density at radius 1 is 1.17 bits per heavy atom. The molecule has 0 amide bonds. The van der Waals surface area contributed by atoms with Gasteiger partial charge in [0.25, 0.3) is 11.4 Å². The van der Waals surface area contributed by atoms with Crippen LogP contribution < -0.4 is 10.2 Å². The third-order valence-corrected chi connectivity index (χ3v) is 4.35. The molecule has 1 unspecified atom stereocenters. The van der Waals surface area contributed by atoms with Crippen LogP contribution in [0.1, 0.15) is 25.3 Å². The highest BCUT2D eigenvalue weighted by molar-refractivity contribution is 7.60. The van der Waals surface area contributed by atoms with Crippen molar-refractivity contribution < 1.29 is 37.0 Å². The molecular weight excluding hydrogens is 360 g/mol. The summed E-state index contributed by atoms with van der Waals surface area (Å²) in [5.41, 5.74) is -4.84. The molecule has 0 saturated heterocycles. The molecule has 1 atom stereocenters. The molecule has 0 aliphatic heterocycles. The molecule has 9 nitrogen and oxygen atoms in total. The zero-order valence-corrected chi connectivity index (χ0v) is 13.0. The van der Waals surface area contributed by atoms with E-state index in [0.29, 0.717) is 6.42 Å². The third-order valence-electron chi connectivity index (χ3n) is 2.82. The molecule has 0 radical (unpaired) electrons. The van der Waals surface area contributed by atoms with Gasteiger partial charge in [-0.15, -0.1) is 0 Å². The summed E-state index contributed by atoms with van der Waals surface area (Å²) in [5, 5.41) is 20.4. The molecule has 13 heteroatoms. The Morgan fingerprint density at radius 3 is 1.96 bits per heavy atom. The van der Waals surface area contributed by atoms with Gasteiger partial charge in [0.1, 0.15) is 0 Å². The van der Waals surface area contributed by atoms with Gasteiger partial charge in [-0.1, -0.05) is 13.3 Å². The van der Waals surface area contributed by atoms with Crippen LogP contribution in [0.4, 0.5) is 24.5 Å². The number of halogens is 3. The second-order valence-electron chi connectivity index (χ2n) is 4.56. The van der Waals surface area contributed by atoms with Crippen LogP contribution in [-0.2, 0) is 15.3 Å². The predicted molar refractivity (Wildman–Crippen MR) is 72.9 cm³/mol. The van der Waals surface area contributed by atoms with Crippen molar-refractivity contribution in [3.8, 4) is 0 Å². The lowest BCUT2D eigenvalue weighted by Crippen LogP contribution is -2.25. The minimum atomic E-state index is -5.33. The molecule has 0 aliphatic carbocycles. The number of rotatable bonds is 7. The van der Waals surface area contributed by atoms with Gasteiger partial charge in [0.15, 0.2) is 12.9 Å². The monoisotopic (exact) mass is 371 g/mol.